The standard InChI is InChI=1S/C21H31N4O11PS/c1-10(2)35-18(30)11(3)24-37(33,38-9-12-7-15(27)22-17(12)29)34-8-13-16(28)21(4,32)19(36-13)25-6-5-14(26)23-20(25)31/h5-6,10-13,16,19,28,32H,7-9H2,1-4H3,(H,24,33)(H,22,27,29)(H,23,26,31)/t11-,12?,13-,16-,19-,21-,37-/m1/s1. The van der Waals surface area contributed by atoms with Gasteiger partial charge in [0.05, 0.1) is 18.6 Å². The van der Waals surface area contributed by atoms with Crippen LogP contribution in [-0.2, 0) is 32.9 Å². The fourth-order valence-corrected chi connectivity index (χ4v) is 7.85. The molecule has 2 saturated heterocycles. The Hall–Kier alpha value is -2.33. The van der Waals surface area contributed by atoms with Gasteiger partial charge >= 0.3 is 18.4 Å². The smallest absolute Gasteiger partial charge is 0.330 e. The lowest BCUT2D eigenvalue weighted by molar-refractivity contribution is -0.149. The molecule has 0 aliphatic carbocycles. The Labute approximate surface area is 220 Å². The number of hydrogen-bond donors (Lipinski definition) is 5. The first-order valence-electron chi connectivity index (χ1n) is 11.7. The Morgan fingerprint density at radius 2 is 2.03 bits per heavy atom. The zero-order valence-corrected chi connectivity index (χ0v) is 22.8. The number of aliphatic hydroxyl groups is 2. The van der Waals surface area contributed by atoms with Crippen molar-refractivity contribution in [3.63, 3.8) is 0 Å². The van der Waals surface area contributed by atoms with Gasteiger partial charge in [-0.3, -0.25) is 38.6 Å². The van der Waals surface area contributed by atoms with Crippen LogP contribution in [0.5, 0.6) is 0 Å². The summed E-state index contributed by atoms with van der Waals surface area (Å²) in [7, 11) is 0. The molecule has 17 heteroatoms. The van der Waals surface area contributed by atoms with Crippen LogP contribution in [0.4, 0.5) is 0 Å². The Balaban J connectivity index is 1.76. The van der Waals surface area contributed by atoms with Gasteiger partial charge in [-0.1, -0.05) is 11.4 Å². The van der Waals surface area contributed by atoms with E-state index in [1.54, 1.807) is 13.8 Å². The van der Waals surface area contributed by atoms with Gasteiger partial charge in [-0.25, -0.2) is 9.88 Å². The first-order valence-corrected chi connectivity index (χ1v) is 14.9. The van der Waals surface area contributed by atoms with Gasteiger partial charge in [-0.05, 0) is 27.7 Å². The third kappa shape index (κ3) is 7.00. The van der Waals surface area contributed by atoms with Crippen molar-refractivity contribution in [2.45, 2.75) is 70.3 Å². The number of amides is 2. The number of rotatable bonds is 11. The number of aromatic nitrogens is 2. The van der Waals surface area contributed by atoms with Crippen molar-refractivity contribution < 1.29 is 43.2 Å². The van der Waals surface area contributed by atoms with Crippen LogP contribution in [0.3, 0.4) is 0 Å². The second-order valence-corrected chi connectivity index (χ2v) is 13.8. The minimum Gasteiger partial charge on any atom is -0.462 e. The summed E-state index contributed by atoms with van der Waals surface area (Å²) in [4.78, 5) is 61.4. The van der Waals surface area contributed by atoms with E-state index in [4.69, 9.17) is 14.0 Å². The number of nitrogens with zero attached hydrogens (tertiary/aromatic N) is 1. The van der Waals surface area contributed by atoms with Crippen molar-refractivity contribution >= 4 is 35.9 Å². The van der Waals surface area contributed by atoms with Crippen molar-refractivity contribution in [1.82, 2.24) is 20.0 Å². The molecule has 38 heavy (non-hydrogen) atoms. The van der Waals surface area contributed by atoms with E-state index in [1.807, 2.05) is 4.98 Å². The number of hydrogen-bond acceptors (Lipinski definition) is 12. The molecule has 1 unspecified atom stereocenters. The largest absolute Gasteiger partial charge is 0.462 e. The fraction of sp³-hybridized carbons (Fsp3) is 0.667. The summed E-state index contributed by atoms with van der Waals surface area (Å²) < 4.78 is 31.0. The van der Waals surface area contributed by atoms with Crippen LogP contribution < -0.4 is 21.7 Å². The predicted molar refractivity (Wildman–Crippen MR) is 133 cm³/mol. The van der Waals surface area contributed by atoms with Gasteiger partial charge in [0.2, 0.25) is 11.8 Å². The maximum atomic E-state index is 13.7. The van der Waals surface area contributed by atoms with E-state index < -0.39 is 84.5 Å². The van der Waals surface area contributed by atoms with E-state index in [1.165, 1.54) is 13.8 Å². The maximum Gasteiger partial charge on any atom is 0.330 e. The molecule has 0 aromatic carbocycles. The summed E-state index contributed by atoms with van der Waals surface area (Å²) in [5.74, 6) is -2.56. The number of carbonyl (C=O) groups excluding carboxylic acids is 3. The average molecular weight is 579 g/mol. The third-order valence-corrected chi connectivity index (χ3v) is 10.0. The van der Waals surface area contributed by atoms with Crippen molar-refractivity contribution in [3.05, 3.63) is 33.1 Å². The molecule has 2 fully saturated rings. The highest BCUT2D eigenvalue weighted by Gasteiger charge is 2.54. The molecule has 212 valence electrons. The van der Waals surface area contributed by atoms with Gasteiger partial charge in [0.25, 0.3) is 5.56 Å². The number of carbonyl (C=O) groups is 3. The maximum absolute atomic E-state index is 13.7. The lowest BCUT2D eigenvalue weighted by Crippen LogP contribution is -2.47. The molecule has 0 bridgehead atoms. The van der Waals surface area contributed by atoms with E-state index in [2.05, 4.69) is 10.4 Å². The number of esters is 1. The van der Waals surface area contributed by atoms with Crippen molar-refractivity contribution in [1.29, 1.82) is 0 Å². The van der Waals surface area contributed by atoms with E-state index in [0.717, 1.165) is 16.8 Å². The van der Waals surface area contributed by atoms with Crippen molar-refractivity contribution in [3.8, 4) is 0 Å². The summed E-state index contributed by atoms with van der Waals surface area (Å²) in [5, 5.41) is 26.3. The van der Waals surface area contributed by atoms with Gasteiger partial charge in [0.15, 0.2) is 6.23 Å². The molecular weight excluding hydrogens is 547 g/mol. The molecule has 0 saturated carbocycles. The molecule has 0 spiro atoms. The predicted octanol–water partition coefficient (Wildman–Crippen LogP) is -1.00. The monoisotopic (exact) mass is 578 g/mol. The minimum atomic E-state index is -4.01. The lowest BCUT2D eigenvalue weighted by atomic mass is 9.96. The van der Waals surface area contributed by atoms with E-state index in [9.17, 15) is 38.8 Å². The average Bonchev–Trinajstić information content (AvgIpc) is 3.25. The molecule has 2 amide bonds. The molecular formula is C21H31N4O11PS. The van der Waals surface area contributed by atoms with Crippen LogP contribution in [0.2, 0.25) is 0 Å². The number of nitrogens with one attached hydrogen (secondary N) is 3. The lowest BCUT2D eigenvalue weighted by Gasteiger charge is -2.27. The molecule has 7 atom stereocenters. The Bertz CT molecular complexity index is 1230. The van der Waals surface area contributed by atoms with E-state index in [0.29, 0.717) is 11.4 Å². The molecule has 2 aliphatic rings. The SMILES string of the molecule is CC(C)OC(=O)[C@@H](C)N[P@@](=O)(OC[C@H]1O[C@@H](n2ccc(=O)[nH]c2=O)[C@](C)(O)[C@@H]1O)SCC1CC(=O)NC1=O. The van der Waals surface area contributed by atoms with Crippen LogP contribution in [0.15, 0.2) is 21.9 Å². The highest BCUT2D eigenvalue weighted by molar-refractivity contribution is 8.56. The van der Waals surface area contributed by atoms with Gasteiger partial charge < -0.3 is 24.2 Å². The van der Waals surface area contributed by atoms with Crippen LogP contribution in [0.1, 0.15) is 40.3 Å². The van der Waals surface area contributed by atoms with Gasteiger partial charge in [-0.15, -0.1) is 0 Å². The topological polar surface area (TPSA) is 215 Å². The Kier molecular flexibility index (Phi) is 9.40. The Morgan fingerprint density at radius 3 is 2.61 bits per heavy atom. The quantitative estimate of drug-likeness (QED) is 0.121. The van der Waals surface area contributed by atoms with Gasteiger partial charge in [0.1, 0.15) is 23.9 Å². The van der Waals surface area contributed by atoms with E-state index >= 15 is 0 Å². The molecule has 2 aliphatic heterocycles. The second-order valence-electron chi connectivity index (χ2n) is 9.45. The van der Waals surface area contributed by atoms with Gasteiger partial charge in [0, 0.05) is 24.4 Å². The summed E-state index contributed by atoms with van der Waals surface area (Å²) in [5.41, 5.74) is -3.57. The van der Waals surface area contributed by atoms with E-state index in [-0.39, 0.29) is 12.2 Å². The fourth-order valence-electron chi connectivity index (χ4n) is 3.83. The first-order chi connectivity index (χ1) is 17.6. The molecule has 3 heterocycles. The highest BCUT2D eigenvalue weighted by atomic mass is 32.7. The first kappa shape index (κ1) is 30.2. The van der Waals surface area contributed by atoms with Crippen LogP contribution >= 0.6 is 18.1 Å². The number of aliphatic hydroxyl groups excluding tert-OH is 1. The summed E-state index contributed by atoms with van der Waals surface area (Å²) in [6, 6.07) is -0.0624. The van der Waals surface area contributed by atoms with Crippen molar-refractivity contribution in [2.75, 3.05) is 12.4 Å². The molecule has 15 nitrogen and oxygen atoms in total. The number of imide groups is 1. The summed E-state index contributed by atoms with van der Waals surface area (Å²) in [6.45, 7) is 1.31. The number of H-pyrrole nitrogens is 1. The molecule has 0 radical (unpaired) electrons. The van der Waals surface area contributed by atoms with Crippen LogP contribution in [-0.4, -0.2) is 79.9 Å². The normalized spacial score (nSPS) is 29.8. The number of ether oxygens (including phenoxy) is 2. The molecule has 5 N–H and O–H groups in total. The third-order valence-electron chi connectivity index (χ3n) is 5.84. The van der Waals surface area contributed by atoms with Gasteiger partial charge in [-0.2, -0.15) is 0 Å². The second kappa shape index (κ2) is 11.8. The van der Waals surface area contributed by atoms with Crippen molar-refractivity contribution in [2.24, 2.45) is 5.92 Å². The Morgan fingerprint density at radius 1 is 1.34 bits per heavy atom. The molecule has 1 aromatic rings. The highest BCUT2D eigenvalue weighted by Crippen LogP contribution is 2.57. The zero-order chi connectivity index (χ0) is 28.4. The summed E-state index contributed by atoms with van der Waals surface area (Å²) >= 11 is 0.684. The van der Waals surface area contributed by atoms with Crippen LogP contribution in [0, 0.1) is 5.92 Å². The minimum absolute atomic E-state index is 0.0883. The van der Waals surface area contributed by atoms with Crippen LogP contribution in [0.25, 0.3) is 0 Å². The molecule has 3 rings (SSSR count). The summed E-state index contributed by atoms with van der Waals surface area (Å²) in [6.07, 6.45) is -3.78. The molecule has 1 aromatic heterocycles. The number of aromatic amines is 1. The zero-order valence-electron chi connectivity index (χ0n) is 21.1.